The summed E-state index contributed by atoms with van der Waals surface area (Å²) in [6.45, 7) is 2.02. The molecule has 0 bridgehead atoms. The normalized spacial score (nSPS) is 16.1. The number of carbonyl (C=O) groups is 2. The lowest BCUT2D eigenvalue weighted by Gasteiger charge is -2.22. The summed E-state index contributed by atoms with van der Waals surface area (Å²) in [6.07, 6.45) is 0.293. The van der Waals surface area contributed by atoms with Crippen LogP contribution in [-0.4, -0.2) is 34.8 Å². The first-order valence-corrected chi connectivity index (χ1v) is 8.80. The second kappa shape index (κ2) is 8.03. The quantitative estimate of drug-likeness (QED) is 0.848. The number of aliphatic carboxylic acids is 1. The summed E-state index contributed by atoms with van der Waals surface area (Å²) < 4.78 is 5.20. The van der Waals surface area contributed by atoms with E-state index in [4.69, 9.17) is 9.84 Å². The molecule has 6 heteroatoms. The predicted molar refractivity (Wildman–Crippen MR) is 102 cm³/mol. The van der Waals surface area contributed by atoms with Crippen LogP contribution >= 0.6 is 0 Å². The molecule has 3 rings (SSSR count). The number of hydrogen-bond acceptors (Lipinski definition) is 4. The molecule has 6 nitrogen and oxygen atoms in total. The lowest BCUT2D eigenvalue weighted by molar-refractivity contribution is -0.141. The third-order valence-corrected chi connectivity index (χ3v) is 4.60. The molecule has 0 spiro atoms. The predicted octanol–water partition coefficient (Wildman–Crippen LogP) is 3.55. The van der Waals surface area contributed by atoms with E-state index in [1.54, 1.807) is 7.11 Å². The van der Waals surface area contributed by atoms with E-state index in [-0.39, 0.29) is 24.8 Å². The Bertz CT molecular complexity index is 857. The Hall–Kier alpha value is -3.15. The molecule has 1 atom stereocenters. The zero-order valence-electron chi connectivity index (χ0n) is 15.4. The Kier molecular flexibility index (Phi) is 5.54. The SMILES string of the molecule is COc1ccc([C@@H]2CC(c3ccc(C)cc3)=NN2C(=O)CCC(=O)O)cc1. The number of nitrogens with zero attached hydrogens (tertiary/aromatic N) is 2. The van der Waals surface area contributed by atoms with Gasteiger partial charge in [-0.1, -0.05) is 42.0 Å². The van der Waals surface area contributed by atoms with E-state index in [2.05, 4.69) is 5.10 Å². The average Bonchev–Trinajstić information content (AvgIpc) is 3.12. The number of ether oxygens (including phenoxy) is 1. The highest BCUT2D eigenvalue weighted by Crippen LogP contribution is 2.34. The zero-order chi connectivity index (χ0) is 19.4. The van der Waals surface area contributed by atoms with E-state index < -0.39 is 5.97 Å². The lowest BCUT2D eigenvalue weighted by Crippen LogP contribution is -2.27. The van der Waals surface area contributed by atoms with Gasteiger partial charge in [0.05, 0.1) is 25.3 Å². The van der Waals surface area contributed by atoms with Crippen LogP contribution in [0.15, 0.2) is 53.6 Å². The molecule has 0 saturated heterocycles. The Morgan fingerprint density at radius 3 is 2.37 bits per heavy atom. The van der Waals surface area contributed by atoms with E-state index in [0.717, 1.165) is 28.2 Å². The first kappa shape index (κ1) is 18.6. The number of benzene rings is 2. The standard InChI is InChI=1S/C21H22N2O4/c1-14-3-5-15(6-4-14)18-13-19(16-7-9-17(27-2)10-8-16)23(22-18)20(24)11-12-21(25)26/h3-10,19H,11-13H2,1-2H3,(H,25,26)/t19-/m0/s1. The summed E-state index contributed by atoms with van der Waals surface area (Å²) in [5, 5.41) is 14.9. The second-order valence-corrected chi connectivity index (χ2v) is 6.54. The lowest BCUT2D eigenvalue weighted by atomic mass is 9.97. The fourth-order valence-electron chi connectivity index (χ4n) is 3.07. The summed E-state index contributed by atoms with van der Waals surface area (Å²) in [6, 6.07) is 15.3. The molecular formula is C21H22N2O4. The van der Waals surface area contributed by atoms with Crippen molar-refractivity contribution in [3.63, 3.8) is 0 Å². The molecule has 0 radical (unpaired) electrons. The molecule has 0 aliphatic carbocycles. The maximum absolute atomic E-state index is 12.6. The van der Waals surface area contributed by atoms with Crippen molar-refractivity contribution >= 4 is 17.6 Å². The van der Waals surface area contributed by atoms with Crippen LogP contribution in [0.4, 0.5) is 0 Å². The summed E-state index contributed by atoms with van der Waals surface area (Å²) in [5.74, 6) is -0.549. The number of carbonyl (C=O) groups excluding carboxylic acids is 1. The van der Waals surface area contributed by atoms with Crippen molar-refractivity contribution in [2.75, 3.05) is 7.11 Å². The number of methoxy groups -OCH3 is 1. The zero-order valence-corrected chi connectivity index (χ0v) is 15.4. The topological polar surface area (TPSA) is 79.2 Å². The van der Waals surface area contributed by atoms with Gasteiger partial charge >= 0.3 is 5.97 Å². The minimum Gasteiger partial charge on any atom is -0.497 e. The molecular weight excluding hydrogens is 344 g/mol. The van der Waals surface area contributed by atoms with Crippen molar-refractivity contribution in [1.82, 2.24) is 5.01 Å². The molecule has 2 aromatic carbocycles. The van der Waals surface area contributed by atoms with Gasteiger partial charge in [-0.2, -0.15) is 5.10 Å². The smallest absolute Gasteiger partial charge is 0.303 e. The Morgan fingerprint density at radius 1 is 1.11 bits per heavy atom. The van der Waals surface area contributed by atoms with E-state index >= 15 is 0 Å². The van der Waals surface area contributed by atoms with Crippen molar-refractivity contribution in [3.05, 3.63) is 65.2 Å². The maximum atomic E-state index is 12.6. The van der Waals surface area contributed by atoms with Crippen LogP contribution in [-0.2, 0) is 9.59 Å². The fourth-order valence-corrected chi connectivity index (χ4v) is 3.07. The van der Waals surface area contributed by atoms with Gasteiger partial charge in [-0.15, -0.1) is 0 Å². The molecule has 2 aromatic rings. The van der Waals surface area contributed by atoms with Crippen LogP contribution in [0, 0.1) is 6.92 Å². The molecule has 1 aliphatic rings. The van der Waals surface area contributed by atoms with Gasteiger partial charge in [0.25, 0.3) is 0 Å². The number of aryl methyl sites for hydroxylation is 1. The summed E-state index contributed by atoms with van der Waals surface area (Å²) in [5.41, 5.74) is 3.87. The minimum absolute atomic E-state index is 0.0767. The Balaban J connectivity index is 1.89. The van der Waals surface area contributed by atoms with Crippen LogP contribution in [0.1, 0.15) is 42.0 Å². The number of rotatable bonds is 6. The molecule has 0 unspecified atom stereocenters. The molecule has 140 valence electrons. The van der Waals surface area contributed by atoms with Crippen molar-refractivity contribution < 1.29 is 19.4 Å². The molecule has 1 heterocycles. The van der Waals surface area contributed by atoms with Crippen molar-refractivity contribution in [2.45, 2.75) is 32.2 Å². The van der Waals surface area contributed by atoms with Gasteiger partial charge in [0.2, 0.25) is 5.91 Å². The van der Waals surface area contributed by atoms with E-state index in [1.165, 1.54) is 5.01 Å². The summed E-state index contributed by atoms with van der Waals surface area (Å²) in [4.78, 5) is 23.5. The number of amides is 1. The van der Waals surface area contributed by atoms with Crippen molar-refractivity contribution in [1.29, 1.82) is 0 Å². The van der Waals surface area contributed by atoms with Gasteiger partial charge in [0.15, 0.2) is 0 Å². The highest BCUT2D eigenvalue weighted by Gasteiger charge is 2.33. The van der Waals surface area contributed by atoms with Gasteiger partial charge in [-0.3, -0.25) is 9.59 Å². The van der Waals surface area contributed by atoms with Gasteiger partial charge < -0.3 is 9.84 Å². The monoisotopic (exact) mass is 366 g/mol. The van der Waals surface area contributed by atoms with Crippen LogP contribution in [0.2, 0.25) is 0 Å². The van der Waals surface area contributed by atoms with Crippen molar-refractivity contribution in [3.8, 4) is 5.75 Å². The second-order valence-electron chi connectivity index (χ2n) is 6.54. The van der Waals surface area contributed by atoms with E-state index in [9.17, 15) is 9.59 Å². The highest BCUT2D eigenvalue weighted by atomic mass is 16.5. The molecule has 0 saturated carbocycles. The maximum Gasteiger partial charge on any atom is 0.303 e. The van der Waals surface area contributed by atoms with Crippen molar-refractivity contribution in [2.24, 2.45) is 5.10 Å². The Labute approximate surface area is 158 Å². The molecule has 1 N–H and O–H groups in total. The van der Waals surface area contributed by atoms with Crippen LogP contribution in [0.3, 0.4) is 0 Å². The number of hydrazone groups is 1. The molecule has 1 aliphatic heterocycles. The first-order valence-electron chi connectivity index (χ1n) is 8.80. The number of carboxylic acids is 1. The van der Waals surface area contributed by atoms with Gasteiger partial charge in [0.1, 0.15) is 5.75 Å². The summed E-state index contributed by atoms with van der Waals surface area (Å²) >= 11 is 0. The fraction of sp³-hybridized carbons (Fsp3) is 0.286. The molecule has 1 amide bonds. The van der Waals surface area contributed by atoms with Crippen LogP contribution in [0.25, 0.3) is 0 Å². The van der Waals surface area contributed by atoms with E-state index in [0.29, 0.717) is 6.42 Å². The highest BCUT2D eigenvalue weighted by molar-refractivity contribution is 6.03. The van der Waals surface area contributed by atoms with Gasteiger partial charge in [-0.05, 0) is 30.2 Å². The average molecular weight is 366 g/mol. The number of carboxylic acid groups (broad SMARTS) is 1. The summed E-state index contributed by atoms with van der Waals surface area (Å²) in [7, 11) is 1.60. The first-order chi connectivity index (χ1) is 13.0. The molecule has 0 aromatic heterocycles. The van der Waals surface area contributed by atoms with Gasteiger partial charge in [-0.25, -0.2) is 5.01 Å². The van der Waals surface area contributed by atoms with Crippen LogP contribution in [0.5, 0.6) is 5.75 Å². The third-order valence-electron chi connectivity index (χ3n) is 4.60. The Morgan fingerprint density at radius 2 is 1.78 bits per heavy atom. The van der Waals surface area contributed by atoms with E-state index in [1.807, 2.05) is 55.5 Å². The number of hydrogen-bond donors (Lipinski definition) is 1. The van der Waals surface area contributed by atoms with Gasteiger partial charge in [0, 0.05) is 12.8 Å². The molecule has 27 heavy (non-hydrogen) atoms. The third kappa shape index (κ3) is 4.34. The largest absolute Gasteiger partial charge is 0.497 e. The van der Waals surface area contributed by atoms with Crippen LogP contribution < -0.4 is 4.74 Å². The molecule has 0 fully saturated rings. The minimum atomic E-state index is -0.994.